The van der Waals surface area contributed by atoms with E-state index in [4.69, 9.17) is 10.7 Å². The quantitative estimate of drug-likeness (QED) is 0.583. The zero-order valence-corrected chi connectivity index (χ0v) is 19.9. The molecule has 1 amide bonds. The molecule has 3 aromatic heterocycles. The lowest BCUT2D eigenvalue weighted by Crippen LogP contribution is -2.39. The predicted molar refractivity (Wildman–Crippen MR) is 130 cm³/mol. The third-order valence-electron chi connectivity index (χ3n) is 6.20. The van der Waals surface area contributed by atoms with Crippen molar-refractivity contribution in [1.29, 1.82) is 0 Å². The number of fused-ring (bicyclic) bond motifs is 2. The van der Waals surface area contributed by atoms with Gasteiger partial charge in [0.2, 0.25) is 0 Å². The number of unbranched alkanes of at least 4 members (excludes halogenated alkanes) is 1. The van der Waals surface area contributed by atoms with Crippen LogP contribution in [-0.2, 0) is 19.5 Å². The zero-order chi connectivity index (χ0) is 23.9. The smallest absolute Gasteiger partial charge is 0.330 e. The Balaban J connectivity index is 1.80. The normalized spacial score (nSPS) is 13.7. The van der Waals surface area contributed by atoms with Crippen LogP contribution in [0.4, 0.5) is 11.5 Å². The van der Waals surface area contributed by atoms with Crippen molar-refractivity contribution in [1.82, 2.24) is 19.1 Å². The van der Waals surface area contributed by atoms with E-state index in [1.807, 2.05) is 6.92 Å². The molecular formula is C22H28N6O4S. The number of H-pyrrole nitrogens is 1. The summed E-state index contributed by atoms with van der Waals surface area (Å²) in [4.78, 5) is 60.4. The van der Waals surface area contributed by atoms with Gasteiger partial charge in [-0.1, -0.05) is 19.8 Å². The standard InChI is InChI=1S/C22H28N6O4S/c1-4-5-10-28-17(23)15(18(29)25-22(28)32)26(3)21(31)16-12(2)14-19(33-16)24-13-9-7-6-8-11-27(13)20(14)30/h4-11,23H2,1-3H3,(H,25,29,32). The van der Waals surface area contributed by atoms with Crippen molar-refractivity contribution in [2.45, 2.75) is 65.5 Å². The molecule has 33 heavy (non-hydrogen) atoms. The van der Waals surface area contributed by atoms with Crippen molar-refractivity contribution in [3.63, 3.8) is 0 Å². The van der Waals surface area contributed by atoms with Crippen LogP contribution in [0, 0.1) is 6.92 Å². The second kappa shape index (κ2) is 8.97. The van der Waals surface area contributed by atoms with Gasteiger partial charge in [-0.25, -0.2) is 9.78 Å². The Morgan fingerprint density at radius 2 is 2.00 bits per heavy atom. The Morgan fingerprint density at radius 3 is 2.73 bits per heavy atom. The van der Waals surface area contributed by atoms with Crippen LogP contribution in [-0.4, -0.2) is 32.1 Å². The molecule has 1 aliphatic heterocycles. The van der Waals surface area contributed by atoms with Gasteiger partial charge in [0.1, 0.15) is 16.5 Å². The highest BCUT2D eigenvalue weighted by atomic mass is 32.1. The molecule has 11 heteroatoms. The highest BCUT2D eigenvalue weighted by Crippen LogP contribution is 2.30. The number of aromatic amines is 1. The topological polar surface area (TPSA) is 136 Å². The van der Waals surface area contributed by atoms with Crippen molar-refractivity contribution in [2.24, 2.45) is 0 Å². The van der Waals surface area contributed by atoms with Crippen molar-refractivity contribution < 1.29 is 4.79 Å². The molecule has 0 bridgehead atoms. The van der Waals surface area contributed by atoms with Crippen molar-refractivity contribution >= 4 is 39.0 Å². The molecule has 0 aliphatic carbocycles. The number of amides is 1. The van der Waals surface area contributed by atoms with Crippen molar-refractivity contribution in [3.8, 4) is 0 Å². The van der Waals surface area contributed by atoms with Crippen LogP contribution in [0.5, 0.6) is 0 Å². The van der Waals surface area contributed by atoms with E-state index in [-0.39, 0.29) is 17.1 Å². The number of nitrogens with two attached hydrogens (primary N) is 1. The largest absolute Gasteiger partial charge is 0.383 e. The van der Waals surface area contributed by atoms with Gasteiger partial charge < -0.3 is 10.6 Å². The Labute approximate surface area is 193 Å². The summed E-state index contributed by atoms with van der Waals surface area (Å²) in [6.07, 6.45) is 5.22. The number of aromatic nitrogens is 4. The maximum absolute atomic E-state index is 13.4. The zero-order valence-electron chi connectivity index (χ0n) is 19.1. The summed E-state index contributed by atoms with van der Waals surface area (Å²) < 4.78 is 2.99. The van der Waals surface area contributed by atoms with E-state index >= 15 is 0 Å². The van der Waals surface area contributed by atoms with E-state index in [1.54, 1.807) is 11.5 Å². The highest BCUT2D eigenvalue weighted by molar-refractivity contribution is 7.20. The van der Waals surface area contributed by atoms with E-state index < -0.39 is 17.2 Å². The predicted octanol–water partition coefficient (Wildman–Crippen LogP) is 2.00. The van der Waals surface area contributed by atoms with Gasteiger partial charge in [0, 0.05) is 26.6 Å². The fraction of sp³-hybridized carbons (Fsp3) is 0.500. The first-order chi connectivity index (χ1) is 15.8. The van der Waals surface area contributed by atoms with Crippen LogP contribution in [0.3, 0.4) is 0 Å². The second-order valence-corrected chi connectivity index (χ2v) is 9.39. The number of hydrogen-bond acceptors (Lipinski definition) is 7. The lowest BCUT2D eigenvalue weighted by Gasteiger charge is -2.20. The Kier molecular flexibility index (Phi) is 6.24. The van der Waals surface area contributed by atoms with Crippen LogP contribution < -0.4 is 27.4 Å². The maximum Gasteiger partial charge on any atom is 0.330 e. The van der Waals surface area contributed by atoms with E-state index in [9.17, 15) is 19.2 Å². The molecule has 0 radical (unpaired) electrons. The van der Waals surface area contributed by atoms with Gasteiger partial charge in [0.25, 0.3) is 17.0 Å². The molecule has 0 aromatic carbocycles. The molecule has 3 aromatic rings. The Hall–Kier alpha value is -3.21. The number of carbonyl (C=O) groups excluding carboxylic acids is 1. The van der Waals surface area contributed by atoms with Crippen molar-refractivity contribution in [3.05, 3.63) is 47.5 Å². The SMILES string of the molecule is CCCCn1c(N)c(N(C)C(=O)c2sc3nc4n(c(=O)c3c2C)CCCCC4)c(=O)[nH]c1=O. The first-order valence-electron chi connectivity index (χ1n) is 11.2. The third-order valence-corrected chi connectivity index (χ3v) is 7.37. The molecule has 0 unspecified atom stereocenters. The number of nitrogens with one attached hydrogen (secondary N) is 1. The lowest BCUT2D eigenvalue weighted by atomic mass is 10.2. The maximum atomic E-state index is 13.4. The van der Waals surface area contributed by atoms with Crippen LogP contribution in [0.25, 0.3) is 10.2 Å². The summed E-state index contributed by atoms with van der Waals surface area (Å²) in [7, 11) is 1.44. The highest BCUT2D eigenvalue weighted by Gasteiger charge is 2.27. The van der Waals surface area contributed by atoms with Crippen LogP contribution >= 0.6 is 11.3 Å². The molecule has 0 fully saturated rings. The van der Waals surface area contributed by atoms with Crippen LogP contribution in [0.15, 0.2) is 14.4 Å². The summed E-state index contributed by atoms with van der Waals surface area (Å²) in [6.45, 7) is 4.66. The van der Waals surface area contributed by atoms with Gasteiger partial charge in [-0.2, -0.15) is 0 Å². The van der Waals surface area contributed by atoms with Gasteiger partial charge in [-0.3, -0.25) is 28.5 Å². The number of anilines is 2. The molecule has 10 nitrogen and oxygen atoms in total. The first kappa shape index (κ1) is 23.0. The molecule has 1 aliphatic rings. The van der Waals surface area contributed by atoms with Crippen LogP contribution in [0.2, 0.25) is 0 Å². The number of carbonyl (C=O) groups is 1. The number of hydrogen-bond donors (Lipinski definition) is 2. The molecule has 0 saturated heterocycles. The summed E-state index contributed by atoms with van der Waals surface area (Å²) >= 11 is 1.14. The molecule has 4 heterocycles. The minimum Gasteiger partial charge on any atom is -0.383 e. The summed E-state index contributed by atoms with van der Waals surface area (Å²) in [6, 6.07) is 0. The number of thiophene rings is 1. The number of nitrogens with zero attached hydrogens (tertiary/aromatic N) is 4. The van der Waals surface area contributed by atoms with Gasteiger partial charge in [0.05, 0.1) is 10.3 Å². The minimum atomic E-state index is -0.732. The van der Waals surface area contributed by atoms with Crippen molar-refractivity contribution in [2.75, 3.05) is 17.7 Å². The average molecular weight is 473 g/mol. The first-order valence-corrected chi connectivity index (χ1v) is 12.0. The summed E-state index contributed by atoms with van der Waals surface area (Å²) in [5.41, 5.74) is 5.15. The third kappa shape index (κ3) is 3.90. The summed E-state index contributed by atoms with van der Waals surface area (Å²) in [5.74, 6) is 0.215. The average Bonchev–Trinajstić information content (AvgIpc) is 2.94. The van der Waals surface area contributed by atoms with E-state index in [0.29, 0.717) is 40.2 Å². The Bertz CT molecular complexity index is 1410. The molecular weight excluding hydrogens is 444 g/mol. The lowest BCUT2D eigenvalue weighted by molar-refractivity contribution is 0.0996. The van der Waals surface area contributed by atoms with Gasteiger partial charge in [0.15, 0.2) is 5.69 Å². The number of nitrogen functional groups attached to an aromatic ring is 1. The van der Waals surface area contributed by atoms with Gasteiger partial charge in [-0.05, 0) is 31.7 Å². The molecule has 4 rings (SSSR count). The fourth-order valence-electron chi connectivity index (χ4n) is 4.31. The van der Waals surface area contributed by atoms with Crippen LogP contribution in [0.1, 0.15) is 60.1 Å². The van der Waals surface area contributed by atoms with E-state index in [1.165, 1.54) is 11.6 Å². The molecule has 0 spiro atoms. The molecule has 0 atom stereocenters. The minimum absolute atomic E-state index is 0.0586. The van der Waals surface area contributed by atoms with E-state index in [0.717, 1.165) is 54.2 Å². The van der Waals surface area contributed by atoms with E-state index in [2.05, 4.69) is 4.98 Å². The fourth-order valence-corrected chi connectivity index (χ4v) is 5.47. The molecule has 3 N–H and O–H groups in total. The number of rotatable bonds is 5. The summed E-state index contributed by atoms with van der Waals surface area (Å²) in [5, 5.41) is 0.442. The van der Waals surface area contributed by atoms with Gasteiger partial charge >= 0.3 is 5.69 Å². The monoisotopic (exact) mass is 472 g/mol. The molecule has 176 valence electrons. The number of aryl methyl sites for hydroxylation is 2. The second-order valence-electron chi connectivity index (χ2n) is 8.39. The Morgan fingerprint density at radius 1 is 1.24 bits per heavy atom. The molecule has 0 saturated carbocycles. The van der Waals surface area contributed by atoms with Gasteiger partial charge in [-0.15, -0.1) is 11.3 Å².